The van der Waals surface area contributed by atoms with Gasteiger partial charge in [-0.3, -0.25) is 4.79 Å². The van der Waals surface area contributed by atoms with Crippen LogP contribution in [0.25, 0.3) is 0 Å². The van der Waals surface area contributed by atoms with Gasteiger partial charge in [-0.05, 0) is 36.5 Å². The highest BCUT2D eigenvalue weighted by atomic mass is 35.5. The van der Waals surface area contributed by atoms with Gasteiger partial charge in [-0.1, -0.05) is 30.5 Å². The molecule has 104 valence electrons. The van der Waals surface area contributed by atoms with Gasteiger partial charge in [0.05, 0.1) is 25.2 Å². The lowest BCUT2D eigenvalue weighted by Gasteiger charge is -2.30. The molecule has 1 saturated carbocycles. The van der Waals surface area contributed by atoms with E-state index in [4.69, 9.17) is 21.1 Å². The average molecular weight is 283 g/mol. The minimum Gasteiger partial charge on any atom is -0.495 e. The molecule has 1 aliphatic carbocycles. The number of halogens is 1. The number of carbonyl (C=O) groups excluding carboxylic acids is 1. The first-order valence-electron chi connectivity index (χ1n) is 6.58. The maximum atomic E-state index is 11.9. The number of hydrogen-bond acceptors (Lipinski definition) is 3. The molecule has 0 aliphatic heterocycles. The van der Waals surface area contributed by atoms with Crippen molar-refractivity contribution in [3.63, 3.8) is 0 Å². The van der Waals surface area contributed by atoms with Crippen molar-refractivity contribution in [2.24, 2.45) is 5.92 Å². The number of rotatable bonds is 3. The van der Waals surface area contributed by atoms with Gasteiger partial charge in [0.1, 0.15) is 5.75 Å². The van der Waals surface area contributed by atoms with Gasteiger partial charge >= 0.3 is 5.97 Å². The van der Waals surface area contributed by atoms with Gasteiger partial charge in [0.15, 0.2) is 0 Å². The van der Waals surface area contributed by atoms with Crippen LogP contribution in [0.15, 0.2) is 18.2 Å². The Bertz CT molecular complexity index is 459. The Morgan fingerprint density at radius 3 is 2.63 bits per heavy atom. The second-order valence-corrected chi connectivity index (χ2v) is 5.32. The molecule has 0 heterocycles. The van der Waals surface area contributed by atoms with Crippen molar-refractivity contribution in [3.8, 4) is 5.75 Å². The fourth-order valence-electron chi connectivity index (χ4n) is 2.88. The molecule has 2 rings (SSSR count). The molecular weight excluding hydrogens is 264 g/mol. The summed E-state index contributed by atoms with van der Waals surface area (Å²) in [4.78, 5) is 11.9. The van der Waals surface area contributed by atoms with Crippen LogP contribution in [0, 0.1) is 5.92 Å². The van der Waals surface area contributed by atoms with Gasteiger partial charge in [-0.15, -0.1) is 0 Å². The molecule has 1 aromatic carbocycles. The SMILES string of the molecule is COC(=O)C1CCCCC1c1ccc(OC)c(Cl)c1. The van der Waals surface area contributed by atoms with E-state index in [-0.39, 0.29) is 17.8 Å². The van der Waals surface area contributed by atoms with Gasteiger partial charge in [-0.25, -0.2) is 0 Å². The van der Waals surface area contributed by atoms with Crippen molar-refractivity contribution in [2.75, 3.05) is 14.2 Å². The predicted octanol–water partition coefficient (Wildman–Crippen LogP) is 3.80. The molecule has 0 aromatic heterocycles. The second-order valence-electron chi connectivity index (χ2n) is 4.91. The summed E-state index contributed by atoms with van der Waals surface area (Å²) in [6.45, 7) is 0. The number of ether oxygens (including phenoxy) is 2. The second kappa shape index (κ2) is 6.29. The summed E-state index contributed by atoms with van der Waals surface area (Å²) in [7, 11) is 3.05. The highest BCUT2D eigenvalue weighted by molar-refractivity contribution is 6.32. The smallest absolute Gasteiger partial charge is 0.309 e. The Morgan fingerprint density at radius 1 is 1.26 bits per heavy atom. The highest BCUT2D eigenvalue weighted by Gasteiger charge is 2.32. The van der Waals surface area contributed by atoms with E-state index in [0.717, 1.165) is 31.2 Å². The molecular formula is C15H19ClO3. The first-order chi connectivity index (χ1) is 9.17. The van der Waals surface area contributed by atoms with Gasteiger partial charge in [0.25, 0.3) is 0 Å². The number of benzene rings is 1. The molecule has 0 N–H and O–H groups in total. The Labute approximate surface area is 118 Å². The zero-order valence-corrected chi connectivity index (χ0v) is 12.1. The normalized spacial score (nSPS) is 22.9. The van der Waals surface area contributed by atoms with E-state index in [1.165, 1.54) is 7.11 Å². The van der Waals surface area contributed by atoms with Crippen LogP contribution in [-0.4, -0.2) is 20.2 Å². The van der Waals surface area contributed by atoms with Gasteiger partial charge in [0.2, 0.25) is 0 Å². The summed E-state index contributed by atoms with van der Waals surface area (Å²) in [5, 5.41) is 0.592. The Hall–Kier alpha value is -1.22. The van der Waals surface area contributed by atoms with E-state index < -0.39 is 0 Å². The molecule has 0 spiro atoms. The van der Waals surface area contributed by atoms with Gasteiger partial charge < -0.3 is 9.47 Å². The van der Waals surface area contributed by atoms with Crippen LogP contribution in [0.2, 0.25) is 5.02 Å². The largest absolute Gasteiger partial charge is 0.495 e. The zero-order valence-electron chi connectivity index (χ0n) is 11.3. The minimum absolute atomic E-state index is 0.0526. The fraction of sp³-hybridized carbons (Fsp3) is 0.533. The minimum atomic E-state index is -0.114. The van der Waals surface area contributed by atoms with Crippen molar-refractivity contribution in [1.29, 1.82) is 0 Å². The third-order valence-electron chi connectivity index (χ3n) is 3.87. The number of esters is 1. The molecule has 3 nitrogen and oxygen atoms in total. The van der Waals surface area contributed by atoms with E-state index in [0.29, 0.717) is 10.8 Å². The lowest BCUT2D eigenvalue weighted by molar-refractivity contribution is -0.147. The summed E-state index contributed by atoms with van der Waals surface area (Å²) in [6.07, 6.45) is 4.12. The molecule has 1 fully saturated rings. The predicted molar refractivity (Wildman–Crippen MR) is 74.7 cm³/mol. The van der Waals surface area contributed by atoms with Crippen molar-refractivity contribution in [3.05, 3.63) is 28.8 Å². The van der Waals surface area contributed by atoms with E-state index in [9.17, 15) is 4.79 Å². The monoisotopic (exact) mass is 282 g/mol. The number of hydrogen-bond donors (Lipinski definition) is 0. The van der Waals surface area contributed by atoms with Crippen molar-refractivity contribution in [1.82, 2.24) is 0 Å². The highest BCUT2D eigenvalue weighted by Crippen LogP contribution is 2.40. The molecule has 0 amide bonds. The first-order valence-corrected chi connectivity index (χ1v) is 6.96. The van der Waals surface area contributed by atoms with Crippen LogP contribution in [0.3, 0.4) is 0 Å². The van der Waals surface area contributed by atoms with E-state index >= 15 is 0 Å². The van der Waals surface area contributed by atoms with Crippen LogP contribution in [0.1, 0.15) is 37.2 Å². The summed E-state index contributed by atoms with van der Waals surface area (Å²) >= 11 is 6.17. The Morgan fingerprint density at radius 2 is 2.00 bits per heavy atom. The van der Waals surface area contributed by atoms with Crippen LogP contribution < -0.4 is 4.74 Å². The summed E-state index contributed by atoms with van der Waals surface area (Å²) in [5.74, 6) is 0.695. The molecule has 4 heteroatoms. The number of carbonyl (C=O) groups is 1. The third-order valence-corrected chi connectivity index (χ3v) is 4.17. The van der Waals surface area contributed by atoms with Crippen molar-refractivity contribution < 1.29 is 14.3 Å². The van der Waals surface area contributed by atoms with E-state index in [1.807, 2.05) is 18.2 Å². The van der Waals surface area contributed by atoms with Crippen molar-refractivity contribution in [2.45, 2.75) is 31.6 Å². The number of methoxy groups -OCH3 is 2. The third kappa shape index (κ3) is 3.03. The van der Waals surface area contributed by atoms with Crippen LogP contribution in [0.5, 0.6) is 5.75 Å². The molecule has 0 bridgehead atoms. The molecule has 19 heavy (non-hydrogen) atoms. The topological polar surface area (TPSA) is 35.5 Å². The molecule has 2 atom stereocenters. The average Bonchev–Trinajstić information content (AvgIpc) is 2.46. The van der Waals surface area contributed by atoms with E-state index in [2.05, 4.69) is 0 Å². The molecule has 0 radical (unpaired) electrons. The van der Waals surface area contributed by atoms with Gasteiger partial charge in [0, 0.05) is 0 Å². The van der Waals surface area contributed by atoms with Crippen molar-refractivity contribution >= 4 is 17.6 Å². The summed E-state index contributed by atoms with van der Waals surface area (Å²) < 4.78 is 10.1. The van der Waals surface area contributed by atoms with Crippen LogP contribution >= 0.6 is 11.6 Å². The standard InChI is InChI=1S/C15H19ClO3/c1-18-14-8-7-10(9-13(14)16)11-5-3-4-6-12(11)15(17)19-2/h7-9,11-12H,3-6H2,1-2H3. The van der Waals surface area contributed by atoms with Gasteiger partial charge in [-0.2, -0.15) is 0 Å². The summed E-state index contributed by atoms with van der Waals surface area (Å²) in [5.41, 5.74) is 1.10. The van der Waals surface area contributed by atoms with Crippen LogP contribution in [-0.2, 0) is 9.53 Å². The molecule has 1 aliphatic rings. The molecule has 0 saturated heterocycles. The lowest BCUT2D eigenvalue weighted by atomic mass is 9.75. The maximum Gasteiger partial charge on any atom is 0.309 e. The van der Waals surface area contributed by atoms with Crippen LogP contribution in [0.4, 0.5) is 0 Å². The maximum absolute atomic E-state index is 11.9. The molecule has 1 aromatic rings. The first kappa shape index (κ1) is 14.2. The Balaban J connectivity index is 2.27. The zero-order chi connectivity index (χ0) is 13.8. The lowest BCUT2D eigenvalue weighted by Crippen LogP contribution is -2.26. The summed E-state index contributed by atoms with van der Waals surface area (Å²) in [6, 6.07) is 5.77. The fourth-order valence-corrected chi connectivity index (χ4v) is 3.14. The molecule has 2 unspecified atom stereocenters. The van der Waals surface area contributed by atoms with E-state index in [1.54, 1.807) is 7.11 Å². The Kier molecular flexibility index (Phi) is 4.70. The quantitative estimate of drug-likeness (QED) is 0.791.